The summed E-state index contributed by atoms with van der Waals surface area (Å²) in [5.74, 6) is -1.33. The zero-order chi connectivity index (χ0) is 11.9. The molecule has 0 aromatic heterocycles. The van der Waals surface area contributed by atoms with Crippen LogP contribution in [0.4, 0.5) is 13.2 Å². The second-order valence-corrected chi connectivity index (χ2v) is 3.40. The number of hydrogen-bond acceptors (Lipinski definition) is 2. The lowest BCUT2D eigenvalue weighted by Crippen LogP contribution is -2.17. The third kappa shape index (κ3) is 9.52. The molecular formula is C9H15F3O3. The Morgan fingerprint density at radius 3 is 2.47 bits per heavy atom. The Morgan fingerprint density at radius 1 is 1.40 bits per heavy atom. The van der Waals surface area contributed by atoms with Crippen LogP contribution in [0, 0.1) is 5.92 Å². The maximum absolute atomic E-state index is 11.6. The van der Waals surface area contributed by atoms with Crippen LogP contribution >= 0.6 is 0 Å². The van der Waals surface area contributed by atoms with E-state index < -0.39 is 24.7 Å². The highest BCUT2D eigenvalue weighted by molar-refractivity contribution is 5.69. The normalized spacial score (nSPS) is 13.9. The van der Waals surface area contributed by atoms with Gasteiger partial charge in [-0.2, -0.15) is 13.2 Å². The number of carboxylic acid groups (broad SMARTS) is 1. The van der Waals surface area contributed by atoms with Gasteiger partial charge in [-0.3, -0.25) is 4.79 Å². The highest BCUT2D eigenvalue weighted by Crippen LogP contribution is 2.15. The minimum absolute atomic E-state index is 0.0197. The van der Waals surface area contributed by atoms with Crippen molar-refractivity contribution in [3.05, 3.63) is 0 Å². The molecule has 0 amide bonds. The van der Waals surface area contributed by atoms with Gasteiger partial charge in [0.25, 0.3) is 0 Å². The van der Waals surface area contributed by atoms with Crippen LogP contribution in [0.25, 0.3) is 0 Å². The predicted molar refractivity (Wildman–Crippen MR) is 47.5 cm³/mol. The Morgan fingerprint density at radius 2 is 2.00 bits per heavy atom. The molecule has 1 unspecified atom stereocenters. The van der Waals surface area contributed by atoms with E-state index >= 15 is 0 Å². The topological polar surface area (TPSA) is 46.5 Å². The highest BCUT2D eigenvalue weighted by atomic mass is 19.4. The van der Waals surface area contributed by atoms with Gasteiger partial charge in [-0.05, 0) is 12.8 Å². The number of carbonyl (C=O) groups is 1. The molecule has 0 heterocycles. The van der Waals surface area contributed by atoms with Gasteiger partial charge in [-0.1, -0.05) is 13.3 Å². The summed E-state index contributed by atoms with van der Waals surface area (Å²) in [4.78, 5) is 10.4. The molecule has 0 spiro atoms. The molecule has 0 rings (SSSR count). The van der Waals surface area contributed by atoms with E-state index in [0.717, 1.165) is 0 Å². The number of aliphatic carboxylic acids is 1. The van der Waals surface area contributed by atoms with Gasteiger partial charge < -0.3 is 9.84 Å². The van der Waals surface area contributed by atoms with Gasteiger partial charge in [-0.15, -0.1) is 0 Å². The first-order chi connectivity index (χ1) is 6.83. The highest BCUT2D eigenvalue weighted by Gasteiger charge is 2.27. The Bertz CT molecular complexity index is 192. The second-order valence-electron chi connectivity index (χ2n) is 3.40. The van der Waals surface area contributed by atoms with Crippen LogP contribution in [0.2, 0.25) is 0 Å². The lowest BCUT2D eigenvalue weighted by Gasteiger charge is -2.08. The van der Waals surface area contributed by atoms with Crippen molar-refractivity contribution >= 4 is 5.97 Å². The summed E-state index contributed by atoms with van der Waals surface area (Å²) < 4.78 is 39.2. The van der Waals surface area contributed by atoms with Gasteiger partial charge in [0, 0.05) is 6.61 Å². The van der Waals surface area contributed by atoms with Gasteiger partial charge in [0.2, 0.25) is 0 Å². The predicted octanol–water partition coefficient (Wildman–Crippen LogP) is 2.46. The summed E-state index contributed by atoms with van der Waals surface area (Å²) in [5, 5.41) is 8.51. The zero-order valence-electron chi connectivity index (χ0n) is 8.51. The largest absolute Gasteiger partial charge is 0.481 e. The summed E-state index contributed by atoms with van der Waals surface area (Å²) >= 11 is 0. The Balaban J connectivity index is 3.29. The molecule has 0 aliphatic carbocycles. The zero-order valence-corrected chi connectivity index (χ0v) is 8.51. The van der Waals surface area contributed by atoms with Gasteiger partial charge in [0.15, 0.2) is 0 Å². The Labute approximate surface area is 86.2 Å². The summed E-state index contributed by atoms with van der Waals surface area (Å²) in [5.41, 5.74) is 0. The molecule has 0 saturated heterocycles. The second kappa shape index (κ2) is 6.66. The Kier molecular flexibility index (Phi) is 6.31. The van der Waals surface area contributed by atoms with Crippen LogP contribution in [0.5, 0.6) is 0 Å². The maximum Gasteiger partial charge on any atom is 0.411 e. The van der Waals surface area contributed by atoms with Crippen molar-refractivity contribution in [1.82, 2.24) is 0 Å². The quantitative estimate of drug-likeness (QED) is 0.681. The molecule has 15 heavy (non-hydrogen) atoms. The number of carboxylic acids is 1. The molecule has 0 aliphatic rings. The van der Waals surface area contributed by atoms with Crippen molar-refractivity contribution in [2.24, 2.45) is 5.92 Å². The van der Waals surface area contributed by atoms with E-state index in [2.05, 4.69) is 4.74 Å². The van der Waals surface area contributed by atoms with Gasteiger partial charge >= 0.3 is 12.1 Å². The average Bonchev–Trinajstić information content (AvgIpc) is 2.08. The molecule has 0 radical (unpaired) electrons. The summed E-state index contributed by atoms with van der Waals surface area (Å²) in [6, 6.07) is 0. The fourth-order valence-corrected chi connectivity index (χ4v) is 0.966. The number of hydrogen-bond donors (Lipinski definition) is 1. The third-order valence-electron chi connectivity index (χ3n) is 1.86. The minimum Gasteiger partial charge on any atom is -0.481 e. The SMILES string of the molecule is CC(CCCCOCC(F)(F)F)C(=O)O. The van der Waals surface area contributed by atoms with Crippen molar-refractivity contribution in [2.45, 2.75) is 32.4 Å². The molecule has 0 fully saturated rings. The van der Waals surface area contributed by atoms with Crippen molar-refractivity contribution in [3.63, 3.8) is 0 Å². The van der Waals surface area contributed by atoms with Gasteiger partial charge in [0.1, 0.15) is 6.61 Å². The van der Waals surface area contributed by atoms with Crippen LogP contribution in [0.15, 0.2) is 0 Å². The van der Waals surface area contributed by atoms with Gasteiger partial charge in [-0.25, -0.2) is 0 Å². The first-order valence-electron chi connectivity index (χ1n) is 4.70. The summed E-state index contributed by atoms with van der Waals surface area (Å²) in [7, 11) is 0. The van der Waals surface area contributed by atoms with E-state index in [9.17, 15) is 18.0 Å². The number of unbranched alkanes of at least 4 members (excludes halogenated alkanes) is 1. The van der Waals surface area contributed by atoms with Crippen LogP contribution in [0.1, 0.15) is 26.2 Å². The van der Waals surface area contributed by atoms with Crippen LogP contribution in [0.3, 0.4) is 0 Å². The first kappa shape index (κ1) is 14.2. The number of halogens is 3. The monoisotopic (exact) mass is 228 g/mol. The van der Waals surface area contributed by atoms with Crippen LogP contribution in [-0.2, 0) is 9.53 Å². The smallest absolute Gasteiger partial charge is 0.411 e. The number of ether oxygens (including phenoxy) is 1. The van der Waals surface area contributed by atoms with E-state index in [-0.39, 0.29) is 6.61 Å². The standard InChI is InChI=1S/C9H15F3O3/c1-7(8(13)14)4-2-3-5-15-6-9(10,11)12/h7H,2-6H2,1H3,(H,13,14). The molecule has 0 aromatic rings. The number of alkyl halides is 3. The van der Waals surface area contributed by atoms with Crippen molar-refractivity contribution in [3.8, 4) is 0 Å². The lowest BCUT2D eigenvalue weighted by molar-refractivity contribution is -0.174. The first-order valence-corrected chi connectivity index (χ1v) is 4.70. The molecule has 0 aromatic carbocycles. The van der Waals surface area contributed by atoms with E-state index in [1.54, 1.807) is 6.92 Å². The molecule has 6 heteroatoms. The molecule has 0 saturated carbocycles. The van der Waals surface area contributed by atoms with Crippen LogP contribution in [-0.4, -0.2) is 30.5 Å². The molecule has 90 valence electrons. The van der Waals surface area contributed by atoms with Gasteiger partial charge in [0.05, 0.1) is 5.92 Å². The average molecular weight is 228 g/mol. The molecule has 0 aliphatic heterocycles. The van der Waals surface area contributed by atoms with Crippen molar-refractivity contribution in [2.75, 3.05) is 13.2 Å². The molecule has 3 nitrogen and oxygen atoms in total. The molecule has 1 N–H and O–H groups in total. The van der Waals surface area contributed by atoms with E-state index in [1.165, 1.54) is 0 Å². The molecule has 1 atom stereocenters. The number of rotatable bonds is 7. The van der Waals surface area contributed by atoms with Crippen molar-refractivity contribution in [1.29, 1.82) is 0 Å². The minimum atomic E-state index is -4.28. The summed E-state index contributed by atoms with van der Waals surface area (Å²) in [6.07, 6.45) is -2.81. The van der Waals surface area contributed by atoms with E-state index in [0.29, 0.717) is 19.3 Å². The molecule has 0 bridgehead atoms. The van der Waals surface area contributed by atoms with Crippen LogP contribution < -0.4 is 0 Å². The summed E-state index contributed by atoms with van der Waals surface area (Å²) in [6.45, 7) is 0.353. The maximum atomic E-state index is 11.6. The van der Waals surface area contributed by atoms with Crippen molar-refractivity contribution < 1.29 is 27.8 Å². The van der Waals surface area contributed by atoms with E-state index in [1.807, 2.05) is 0 Å². The fourth-order valence-electron chi connectivity index (χ4n) is 0.966. The Hall–Kier alpha value is -0.780. The third-order valence-corrected chi connectivity index (χ3v) is 1.86. The fraction of sp³-hybridized carbons (Fsp3) is 0.889. The van der Waals surface area contributed by atoms with E-state index in [4.69, 9.17) is 5.11 Å². The molecular weight excluding hydrogens is 213 g/mol. The lowest BCUT2D eigenvalue weighted by atomic mass is 10.1.